The molecule has 7 heteroatoms. The number of nitrogens with one attached hydrogen (secondary N) is 1. The average molecular weight is 486 g/mol. The van der Waals surface area contributed by atoms with E-state index in [1.165, 1.54) is 17.3 Å². The first-order chi connectivity index (χ1) is 16.8. The molecular formula is C28H31N5OS. The second kappa shape index (κ2) is 10.4. The standard InChI is InChI=1S/C28H31N5OS/c1-6-33-26(21-14-16-22(17-15-21)28(3,4)5)31-32-27(33)35-18-25(34)30-29-19(2)23-13-9-11-20-10-7-8-12-24(20)23/h7-17H,6,18H2,1-5H3,(H,30,34). The number of fused-ring (bicyclic) bond motifs is 1. The Labute approximate surface area is 210 Å². The zero-order chi connectivity index (χ0) is 25.0. The summed E-state index contributed by atoms with van der Waals surface area (Å²) in [4.78, 5) is 12.5. The van der Waals surface area contributed by atoms with E-state index in [1.807, 2.05) is 35.8 Å². The number of amides is 1. The normalized spacial score (nSPS) is 12.2. The monoisotopic (exact) mass is 485 g/mol. The number of thioether (sulfide) groups is 1. The molecule has 0 aliphatic rings. The summed E-state index contributed by atoms with van der Waals surface area (Å²) in [6, 6.07) is 22.7. The third kappa shape index (κ3) is 5.62. The first-order valence-electron chi connectivity index (χ1n) is 11.8. The van der Waals surface area contributed by atoms with E-state index in [0.29, 0.717) is 11.7 Å². The molecule has 1 amide bonds. The minimum Gasteiger partial charge on any atom is -0.302 e. The zero-order valence-electron chi connectivity index (χ0n) is 20.9. The summed E-state index contributed by atoms with van der Waals surface area (Å²) in [6.07, 6.45) is 0. The molecule has 0 aliphatic heterocycles. The predicted molar refractivity (Wildman–Crippen MR) is 145 cm³/mol. The van der Waals surface area contributed by atoms with Gasteiger partial charge in [-0.05, 0) is 35.6 Å². The van der Waals surface area contributed by atoms with E-state index < -0.39 is 0 Å². The Balaban J connectivity index is 1.42. The molecule has 0 fully saturated rings. The van der Waals surface area contributed by atoms with Crippen LogP contribution in [-0.4, -0.2) is 32.1 Å². The van der Waals surface area contributed by atoms with Crippen molar-refractivity contribution in [2.45, 2.75) is 51.7 Å². The molecular weight excluding hydrogens is 454 g/mol. The van der Waals surface area contributed by atoms with Gasteiger partial charge in [0.2, 0.25) is 0 Å². The van der Waals surface area contributed by atoms with Crippen LogP contribution in [-0.2, 0) is 16.8 Å². The minimum atomic E-state index is -0.184. The first kappa shape index (κ1) is 24.7. The lowest BCUT2D eigenvalue weighted by molar-refractivity contribution is -0.118. The van der Waals surface area contributed by atoms with Gasteiger partial charge in [-0.2, -0.15) is 5.10 Å². The number of carbonyl (C=O) groups excluding carboxylic acids is 1. The van der Waals surface area contributed by atoms with Crippen LogP contribution in [0.5, 0.6) is 0 Å². The maximum absolute atomic E-state index is 12.5. The second-order valence-corrected chi connectivity index (χ2v) is 10.4. The molecule has 0 aliphatic carbocycles. The van der Waals surface area contributed by atoms with Crippen LogP contribution < -0.4 is 5.43 Å². The average Bonchev–Trinajstić information content (AvgIpc) is 3.28. The van der Waals surface area contributed by atoms with Gasteiger partial charge in [-0.1, -0.05) is 99.3 Å². The Morgan fingerprint density at radius 2 is 1.71 bits per heavy atom. The third-order valence-corrected chi connectivity index (χ3v) is 6.87. The number of hydrogen-bond acceptors (Lipinski definition) is 5. The van der Waals surface area contributed by atoms with E-state index in [-0.39, 0.29) is 17.1 Å². The molecule has 3 aromatic carbocycles. The van der Waals surface area contributed by atoms with E-state index in [2.05, 4.69) is 90.9 Å². The van der Waals surface area contributed by atoms with Gasteiger partial charge in [0, 0.05) is 17.7 Å². The fourth-order valence-electron chi connectivity index (χ4n) is 3.92. The zero-order valence-corrected chi connectivity index (χ0v) is 21.7. The molecule has 0 unspecified atom stereocenters. The lowest BCUT2D eigenvalue weighted by atomic mass is 9.87. The summed E-state index contributed by atoms with van der Waals surface area (Å²) < 4.78 is 2.04. The van der Waals surface area contributed by atoms with Crippen LogP contribution in [0.25, 0.3) is 22.2 Å². The van der Waals surface area contributed by atoms with Crippen molar-refractivity contribution in [1.82, 2.24) is 20.2 Å². The number of rotatable bonds is 7. The van der Waals surface area contributed by atoms with Crippen molar-refractivity contribution < 1.29 is 4.79 Å². The van der Waals surface area contributed by atoms with Crippen LogP contribution in [0.4, 0.5) is 0 Å². The summed E-state index contributed by atoms with van der Waals surface area (Å²) in [6.45, 7) is 11.3. The van der Waals surface area contributed by atoms with E-state index in [4.69, 9.17) is 0 Å². The molecule has 0 saturated carbocycles. The topological polar surface area (TPSA) is 72.2 Å². The van der Waals surface area contributed by atoms with Crippen molar-refractivity contribution in [1.29, 1.82) is 0 Å². The predicted octanol–water partition coefficient (Wildman–Crippen LogP) is 6.05. The van der Waals surface area contributed by atoms with Crippen molar-refractivity contribution in [2.24, 2.45) is 5.10 Å². The Morgan fingerprint density at radius 3 is 2.43 bits per heavy atom. The summed E-state index contributed by atoms with van der Waals surface area (Å²) in [5.74, 6) is 0.824. The summed E-state index contributed by atoms with van der Waals surface area (Å²) in [7, 11) is 0. The molecule has 1 heterocycles. The molecule has 4 rings (SSSR count). The van der Waals surface area contributed by atoms with Gasteiger partial charge in [0.15, 0.2) is 11.0 Å². The van der Waals surface area contributed by atoms with Gasteiger partial charge in [-0.25, -0.2) is 5.43 Å². The Bertz CT molecular complexity index is 1360. The molecule has 180 valence electrons. The highest BCUT2D eigenvalue weighted by atomic mass is 32.2. The van der Waals surface area contributed by atoms with Crippen molar-refractivity contribution >= 4 is 34.2 Å². The highest BCUT2D eigenvalue weighted by Gasteiger charge is 2.17. The molecule has 0 atom stereocenters. The molecule has 4 aromatic rings. The second-order valence-electron chi connectivity index (χ2n) is 9.43. The van der Waals surface area contributed by atoms with Crippen molar-refractivity contribution in [2.75, 3.05) is 5.75 Å². The molecule has 0 bridgehead atoms. The highest BCUT2D eigenvalue weighted by Crippen LogP contribution is 2.27. The third-order valence-electron chi connectivity index (χ3n) is 5.90. The van der Waals surface area contributed by atoms with Crippen LogP contribution >= 0.6 is 11.8 Å². The van der Waals surface area contributed by atoms with Crippen LogP contribution in [0.3, 0.4) is 0 Å². The Kier molecular flexibility index (Phi) is 7.36. The van der Waals surface area contributed by atoms with Gasteiger partial charge in [0.25, 0.3) is 5.91 Å². The van der Waals surface area contributed by atoms with Crippen LogP contribution in [0, 0.1) is 0 Å². The lowest BCUT2D eigenvalue weighted by Gasteiger charge is -2.19. The number of aromatic nitrogens is 3. The molecule has 35 heavy (non-hydrogen) atoms. The van der Waals surface area contributed by atoms with Crippen LogP contribution in [0.2, 0.25) is 0 Å². The first-order valence-corrected chi connectivity index (χ1v) is 12.7. The van der Waals surface area contributed by atoms with Crippen molar-refractivity contribution in [3.63, 3.8) is 0 Å². The van der Waals surface area contributed by atoms with Crippen molar-refractivity contribution in [3.05, 3.63) is 77.9 Å². The fourth-order valence-corrected chi connectivity index (χ4v) is 4.72. The molecule has 0 spiro atoms. The number of benzene rings is 3. The van der Waals surface area contributed by atoms with E-state index in [9.17, 15) is 4.79 Å². The maximum Gasteiger partial charge on any atom is 0.250 e. The van der Waals surface area contributed by atoms with Gasteiger partial charge in [0.05, 0.1) is 11.5 Å². The molecule has 1 aromatic heterocycles. The molecule has 0 radical (unpaired) electrons. The Hall–Kier alpha value is -3.45. The Morgan fingerprint density at radius 1 is 1.00 bits per heavy atom. The SMILES string of the molecule is CCn1c(SCC(=O)NN=C(C)c2cccc3ccccc23)nnc1-c1ccc(C(C)(C)C)cc1. The van der Waals surface area contributed by atoms with E-state index in [1.54, 1.807) is 0 Å². The maximum atomic E-state index is 12.5. The van der Waals surface area contributed by atoms with Gasteiger partial charge < -0.3 is 4.57 Å². The summed E-state index contributed by atoms with van der Waals surface area (Å²) in [5.41, 5.74) is 6.83. The highest BCUT2D eigenvalue weighted by molar-refractivity contribution is 7.99. The van der Waals surface area contributed by atoms with Gasteiger partial charge in [-0.3, -0.25) is 4.79 Å². The molecule has 0 saturated heterocycles. The smallest absolute Gasteiger partial charge is 0.250 e. The number of hydrazone groups is 1. The summed E-state index contributed by atoms with van der Waals surface area (Å²) in [5, 5.41) is 16.1. The summed E-state index contributed by atoms with van der Waals surface area (Å²) >= 11 is 1.36. The van der Waals surface area contributed by atoms with E-state index >= 15 is 0 Å². The van der Waals surface area contributed by atoms with Crippen LogP contribution in [0.1, 0.15) is 45.7 Å². The molecule has 6 nitrogen and oxygen atoms in total. The largest absolute Gasteiger partial charge is 0.302 e. The van der Waals surface area contributed by atoms with Gasteiger partial charge in [0.1, 0.15) is 0 Å². The van der Waals surface area contributed by atoms with Crippen molar-refractivity contribution in [3.8, 4) is 11.4 Å². The van der Waals surface area contributed by atoms with E-state index in [0.717, 1.165) is 33.4 Å². The van der Waals surface area contributed by atoms with Crippen LogP contribution in [0.15, 0.2) is 77.0 Å². The lowest BCUT2D eigenvalue weighted by Crippen LogP contribution is -2.21. The van der Waals surface area contributed by atoms with Gasteiger partial charge in [-0.15, -0.1) is 10.2 Å². The number of hydrogen-bond donors (Lipinski definition) is 1. The quantitative estimate of drug-likeness (QED) is 0.197. The molecule has 1 N–H and O–H groups in total. The fraction of sp³-hybridized carbons (Fsp3) is 0.286. The minimum absolute atomic E-state index is 0.0970. The van der Waals surface area contributed by atoms with Gasteiger partial charge >= 0.3 is 0 Å². The number of carbonyl (C=O) groups is 1. The number of nitrogens with zero attached hydrogens (tertiary/aromatic N) is 4.